The summed E-state index contributed by atoms with van der Waals surface area (Å²) in [6.07, 6.45) is 3.92. The fourth-order valence-corrected chi connectivity index (χ4v) is 3.51. The highest BCUT2D eigenvalue weighted by Gasteiger charge is 2.23. The zero-order valence-electron chi connectivity index (χ0n) is 14.2. The van der Waals surface area contributed by atoms with Crippen LogP contribution in [0.1, 0.15) is 57.2 Å². The van der Waals surface area contributed by atoms with Crippen LogP contribution in [-0.2, 0) is 0 Å². The topological polar surface area (TPSA) is 15.3 Å². The standard InChI is InChI=1S/C19H32N2/c1-5-20-19(18-8-6-15(2)7-9-18)11-13-21-12-10-16(3)14-17(21)4/h6-9,16-17,19-20H,5,10-14H2,1-4H3. The van der Waals surface area contributed by atoms with Gasteiger partial charge in [-0.25, -0.2) is 0 Å². The van der Waals surface area contributed by atoms with Gasteiger partial charge in [-0.05, 0) is 57.7 Å². The van der Waals surface area contributed by atoms with Crippen molar-refractivity contribution in [3.05, 3.63) is 35.4 Å². The Hall–Kier alpha value is -0.860. The van der Waals surface area contributed by atoms with Crippen LogP contribution in [-0.4, -0.2) is 30.6 Å². The van der Waals surface area contributed by atoms with Gasteiger partial charge in [-0.3, -0.25) is 0 Å². The maximum atomic E-state index is 3.65. The maximum Gasteiger partial charge on any atom is 0.0332 e. The largest absolute Gasteiger partial charge is 0.310 e. The summed E-state index contributed by atoms with van der Waals surface area (Å²) in [6.45, 7) is 12.7. The molecule has 118 valence electrons. The molecular weight excluding hydrogens is 256 g/mol. The zero-order chi connectivity index (χ0) is 15.2. The molecule has 1 aromatic carbocycles. The summed E-state index contributed by atoms with van der Waals surface area (Å²) in [4.78, 5) is 2.68. The average molecular weight is 288 g/mol. The van der Waals surface area contributed by atoms with E-state index in [9.17, 15) is 0 Å². The smallest absolute Gasteiger partial charge is 0.0332 e. The monoisotopic (exact) mass is 288 g/mol. The van der Waals surface area contributed by atoms with Crippen molar-refractivity contribution in [1.82, 2.24) is 10.2 Å². The lowest BCUT2D eigenvalue weighted by Gasteiger charge is -2.37. The third-order valence-electron chi connectivity index (χ3n) is 4.91. The summed E-state index contributed by atoms with van der Waals surface area (Å²) in [5.41, 5.74) is 2.77. The van der Waals surface area contributed by atoms with Crippen molar-refractivity contribution in [3.8, 4) is 0 Å². The Labute approximate surface area is 130 Å². The fourth-order valence-electron chi connectivity index (χ4n) is 3.51. The number of rotatable bonds is 6. The van der Waals surface area contributed by atoms with E-state index in [4.69, 9.17) is 0 Å². The Morgan fingerprint density at radius 3 is 2.57 bits per heavy atom. The number of piperidine rings is 1. The second kappa shape index (κ2) is 7.95. The average Bonchev–Trinajstić information content (AvgIpc) is 2.46. The molecule has 0 saturated carbocycles. The van der Waals surface area contributed by atoms with Gasteiger partial charge in [0.15, 0.2) is 0 Å². The Kier molecular flexibility index (Phi) is 6.25. The molecular formula is C19H32N2. The first-order chi connectivity index (χ1) is 10.1. The number of benzene rings is 1. The highest BCUT2D eigenvalue weighted by atomic mass is 15.2. The van der Waals surface area contributed by atoms with Gasteiger partial charge in [-0.2, -0.15) is 0 Å². The molecule has 1 heterocycles. The second-order valence-corrected chi connectivity index (χ2v) is 6.82. The molecule has 0 radical (unpaired) electrons. The third kappa shape index (κ3) is 4.82. The zero-order valence-corrected chi connectivity index (χ0v) is 14.2. The molecule has 0 spiro atoms. The van der Waals surface area contributed by atoms with E-state index in [-0.39, 0.29) is 0 Å². The van der Waals surface area contributed by atoms with Gasteiger partial charge in [0.1, 0.15) is 0 Å². The van der Waals surface area contributed by atoms with Crippen molar-refractivity contribution >= 4 is 0 Å². The lowest BCUT2D eigenvalue weighted by atomic mass is 9.92. The number of hydrogen-bond donors (Lipinski definition) is 1. The first-order valence-electron chi connectivity index (χ1n) is 8.64. The third-order valence-corrected chi connectivity index (χ3v) is 4.91. The first-order valence-corrected chi connectivity index (χ1v) is 8.64. The minimum atomic E-state index is 0.488. The minimum Gasteiger partial charge on any atom is -0.310 e. The summed E-state index contributed by atoms with van der Waals surface area (Å²) in [5, 5.41) is 3.65. The normalized spacial score (nSPS) is 25.0. The van der Waals surface area contributed by atoms with Crippen LogP contribution < -0.4 is 5.32 Å². The SMILES string of the molecule is CCNC(CCN1CCC(C)CC1C)c1ccc(C)cc1. The van der Waals surface area contributed by atoms with Crippen molar-refractivity contribution in [2.45, 2.75) is 59.0 Å². The van der Waals surface area contributed by atoms with Crippen molar-refractivity contribution in [2.75, 3.05) is 19.6 Å². The molecule has 0 aliphatic carbocycles. The van der Waals surface area contributed by atoms with E-state index in [2.05, 4.69) is 62.2 Å². The molecule has 1 aromatic rings. The van der Waals surface area contributed by atoms with Gasteiger partial charge in [-0.15, -0.1) is 0 Å². The highest BCUT2D eigenvalue weighted by Crippen LogP contribution is 2.24. The number of nitrogens with one attached hydrogen (secondary N) is 1. The Bertz CT molecular complexity index is 412. The second-order valence-electron chi connectivity index (χ2n) is 6.82. The molecule has 1 fully saturated rings. The Morgan fingerprint density at radius 1 is 1.24 bits per heavy atom. The van der Waals surface area contributed by atoms with E-state index in [1.807, 2.05) is 0 Å². The summed E-state index contributed by atoms with van der Waals surface area (Å²) in [5.74, 6) is 0.901. The van der Waals surface area contributed by atoms with Crippen molar-refractivity contribution in [2.24, 2.45) is 5.92 Å². The van der Waals surface area contributed by atoms with E-state index < -0.39 is 0 Å². The van der Waals surface area contributed by atoms with Gasteiger partial charge < -0.3 is 10.2 Å². The lowest BCUT2D eigenvalue weighted by Crippen LogP contribution is -2.41. The number of nitrogens with zero attached hydrogens (tertiary/aromatic N) is 1. The molecule has 2 heteroatoms. The van der Waals surface area contributed by atoms with Crippen LogP contribution in [0.15, 0.2) is 24.3 Å². The van der Waals surface area contributed by atoms with E-state index in [0.717, 1.165) is 18.5 Å². The van der Waals surface area contributed by atoms with Crippen LogP contribution in [0.3, 0.4) is 0 Å². The fraction of sp³-hybridized carbons (Fsp3) is 0.684. The Morgan fingerprint density at radius 2 is 1.95 bits per heavy atom. The molecule has 0 aromatic heterocycles. The molecule has 0 bridgehead atoms. The molecule has 21 heavy (non-hydrogen) atoms. The van der Waals surface area contributed by atoms with Crippen LogP contribution in [0, 0.1) is 12.8 Å². The molecule has 2 rings (SSSR count). The minimum absolute atomic E-state index is 0.488. The molecule has 1 N–H and O–H groups in total. The molecule has 1 saturated heterocycles. The number of aryl methyl sites for hydroxylation is 1. The van der Waals surface area contributed by atoms with Gasteiger partial charge in [0.2, 0.25) is 0 Å². The molecule has 1 aliphatic heterocycles. The quantitative estimate of drug-likeness (QED) is 0.845. The predicted octanol–water partition coefficient (Wildman–Crippen LogP) is 4.16. The summed E-state index contributed by atoms with van der Waals surface area (Å²) >= 11 is 0. The van der Waals surface area contributed by atoms with E-state index in [0.29, 0.717) is 6.04 Å². The van der Waals surface area contributed by atoms with E-state index in [1.54, 1.807) is 0 Å². The Balaban J connectivity index is 1.92. The number of likely N-dealkylation sites (tertiary alicyclic amines) is 1. The van der Waals surface area contributed by atoms with Crippen LogP contribution in [0.25, 0.3) is 0 Å². The molecule has 3 atom stereocenters. The molecule has 2 nitrogen and oxygen atoms in total. The van der Waals surface area contributed by atoms with Crippen molar-refractivity contribution in [3.63, 3.8) is 0 Å². The van der Waals surface area contributed by atoms with Crippen molar-refractivity contribution in [1.29, 1.82) is 0 Å². The van der Waals surface area contributed by atoms with E-state index in [1.165, 1.54) is 43.5 Å². The van der Waals surface area contributed by atoms with Gasteiger partial charge in [0.05, 0.1) is 0 Å². The molecule has 0 amide bonds. The number of hydrogen-bond acceptors (Lipinski definition) is 2. The van der Waals surface area contributed by atoms with Gasteiger partial charge in [0.25, 0.3) is 0 Å². The van der Waals surface area contributed by atoms with Crippen LogP contribution in [0.5, 0.6) is 0 Å². The maximum absolute atomic E-state index is 3.65. The predicted molar refractivity (Wildman–Crippen MR) is 91.6 cm³/mol. The lowest BCUT2D eigenvalue weighted by molar-refractivity contribution is 0.124. The van der Waals surface area contributed by atoms with Gasteiger partial charge in [-0.1, -0.05) is 43.7 Å². The van der Waals surface area contributed by atoms with Gasteiger partial charge >= 0.3 is 0 Å². The van der Waals surface area contributed by atoms with Crippen LogP contribution >= 0.6 is 0 Å². The first kappa shape index (κ1) is 16.5. The van der Waals surface area contributed by atoms with Crippen molar-refractivity contribution < 1.29 is 0 Å². The summed E-state index contributed by atoms with van der Waals surface area (Å²) < 4.78 is 0. The van der Waals surface area contributed by atoms with Crippen LogP contribution in [0.4, 0.5) is 0 Å². The highest BCUT2D eigenvalue weighted by molar-refractivity contribution is 5.24. The summed E-state index contributed by atoms with van der Waals surface area (Å²) in [7, 11) is 0. The molecule has 1 aliphatic rings. The van der Waals surface area contributed by atoms with Gasteiger partial charge in [0, 0.05) is 18.6 Å². The van der Waals surface area contributed by atoms with Crippen LogP contribution in [0.2, 0.25) is 0 Å². The summed E-state index contributed by atoms with van der Waals surface area (Å²) in [6, 6.07) is 10.3. The van der Waals surface area contributed by atoms with E-state index >= 15 is 0 Å². The molecule has 3 unspecified atom stereocenters.